The highest BCUT2D eigenvalue weighted by Crippen LogP contribution is 2.32. The third-order valence-electron chi connectivity index (χ3n) is 3.09. The normalized spacial score (nSPS) is 11.6. The highest BCUT2D eigenvalue weighted by Gasteiger charge is 2.20. The first-order chi connectivity index (χ1) is 11.4. The zero-order chi connectivity index (χ0) is 17.3. The first-order valence-electron chi connectivity index (χ1n) is 6.95. The predicted octanol–water partition coefficient (Wildman–Crippen LogP) is 3.08. The predicted molar refractivity (Wildman–Crippen MR) is 92.3 cm³/mol. The van der Waals surface area contributed by atoms with Crippen LogP contribution in [0.5, 0.6) is 5.75 Å². The lowest BCUT2D eigenvalue weighted by Crippen LogP contribution is -2.14. The van der Waals surface area contributed by atoms with Gasteiger partial charge in [-0.05, 0) is 26.0 Å². The molecule has 0 aliphatic heterocycles. The zero-order valence-corrected chi connectivity index (χ0v) is 15.2. The Balaban J connectivity index is 2.10. The number of pyridine rings is 1. The van der Waals surface area contributed by atoms with Crippen LogP contribution in [0.3, 0.4) is 0 Å². The number of nitrogens with zero attached hydrogens (tertiary/aromatic N) is 4. The van der Waals surface area contributed by atoms with E-state index in [1.165, 1.54) is 22.9 Å². The van der Waals surface area contributed by atoms with E-state index in [4.69, 9.17) is 15.8 Å². The first-order valence-corrected chi connectivity index (χ1v) is 9.78. The van der Waals surface area contributed by atoms with E-state index in [0.29, 0.717) is 17.1 Å². The maximum Gasteiger partial charge on any atom is 0.309 e. The summed E-state index contributed by atoms with van der Waals surface area (Å²) in [6.07, 6.45) is 3.38. The first kappa shape index (κ1) is 16.9. The summed E-state index contributed by atoms with van der Waals surface area (Å²) >= 11 is 7.56. The molecule has 3 rings (SSSR count). The van der Waals surface area contributed by atoms with Gasteiger partial charge in [0.1, 0.15) is 16.4 Å². The fourth-order valence-electron chi connectivity index (χ4n) is 1.96. The van der Waals surface area contributed by atoms with Gasteiger partial charge in [-0.15, -0.1) is 11.3 Å². The Bertz CT molecular complexity index is 968. The van der Waals surface area contributed by atoms with Gasteiger partial charge in [-0.25, -0.2) is 14.6 Å². The molecular formula is C14H13ClN4O3S2. The molecule has 0 amide bonds. The van der Waals surface area contributed by atoms with Crippen LogP contribution in [0.4, 0.5) is 0 Å². The molecule has 3 aromatic rings. The van der Waals surface area contributed by atoms with E-state index in [-0.39, 0.29) is 16.7 Å². The van der Waals surface area contributed by atoms with E-state index >= 15 is 0 Å². The minimum Gasteiger partial charge on any atom is -0.377 e. The van der Waals surface area contributed by atoms with Crippen molar-refractivity contribution >= 4 is 33.1 Å². The SMILES string of the molecule is CCS(=O)(=O)Oc1c(-n2ccc(-c3nccs3)n2)cc(C)nc1Cl. The van der Waals surface area contributed by atoms with Crippen LogP contribution in [-0.4, -0.2) is 33.9 Å². The molecule has 0 aliphatic rings. The lowest BCUT2D eigenvalue weighted by Gasteiger charge is -2.12. The van der Waals surface area contributed by atoms with E-state index in [0.717, 1.165) is 5.01 Å². The van der Waals surface area contributed by atoms with Crippen molar-refractivity contribution in [1.29, 1.82) is 0 Å². The van der Waals surface area contributed by atoms with Crippen molar-refractivity contribution < 1.29 is 12.6 Å². The molecule has 3 aromatic heterocycles. The van der Waals surface area contributed by atoms with Gasteiger partial charge in [-0.1, -0.05) is 11.6 Å². The number of hydrogen-bond acceptors (Lipinski definition) is 7. The number of thiazole rings is 1. The fraction of sp³-hybridized carbons (Fsp3) is 0.214. The molecule has 0 radical (unpaired) electrons. The van der Waals surface area contributed by atoms with Gasteiger partial charge in [0.2, 0.25) is 5.75 Å². The van der Waals surface area contributed by atoms with E-state index < -0.39 is 10.1 Å². The third-order valence-corrected chi connectivity index (χ3v) is 5.27. The van der Waals surface area contributed by atoms with Crippen LogP contribution in [-0.2, 0) is 10.1 Å². The van der Waals surface area contributed by atoms with Crippen molar-refractivity contribution in [2.45, 2.75) is 13.8 Å². The van der Waals surface area contributed by atoms with E-state index in [1.54, 1.807) is 31.5 Å². The van der Waals surface area contributed by atoms with Crippen LogP contribution < -0.4 is 4.18 Å². The number of halogens is 1. The van der Waals surface area contributed by atoms with Gasteiger partial charge in [-0.3, -0.25) is 0 Å². The van der Waals surface area contributed by atoms with Crippen molar-refractivity contribution in [3.8, 4) is 22.1 Å². The summed E-state index contributed by atoms with van der Waals surface area (Å²) in [5.41, 5.74) is 1.68. The van der Waals surface area contributed by atoms with Crippen LogP contribution in [0.1, 0.15) is 12.6 Å². The summed E-state index contributed by atoms with van der Waals surface area (Å²) in [6.45, 7) is 3.23. The van der Waals surface area contributed by atoms with Gasteiger partial charge in [-0.2, -0.15) is 13.5 Å². The summed E-state index contributed by atoms with van der Waals surface area (Å²) in [7, 11) is -3.75. The van der Waals surface area contributed by atoms with E-state index in [9.17, 15) is 8.42 Å². The molecule has 7 nitrogen and oxygen atoms in total. The van der Waals surface area contributed by atoms with Crippen LogP contribution in [0, 0.1) is 6.92 Å². The Labute approximate surface area is 148 Å². The number of aryl methyl sites for hydroxylation is 1. The smallest absolute Gasteiger partial charge is 0.309 e. The summed E-state index contributed by atoms with van der Waals surface area (Å²) in [5.74, 6) is -0.224. The lowest BCUT2D eigenvalue weighted by molar-refractivity contribution is 0.484. The number of hydrogen-bond donors (Lipinski definition) is 0. The molecular weight excluding hydrogens is 372 g/mol. The molecule has 0 N–H and O–H groups in total. The molecule has 0 saturated carbocycles. The molecule has 0 aromatic carbocycles. The third kappa shape index (κ3) is 3.42. The second-order valence-corrected chi connectivity index (χ2v) is 7.93. The van der Waals surface area contributed by atoms with Crippen molar-refractivity contribution in [2.24, 2.45) is 0 Å². The minimum atomic E-state index is -3.75. The highest BCUT2D eigenvalue weighted by molar-refractivity contribution is 7.87. The molecule has 0 spiro atoms. The molecule has 0 bridgehead atoms. The van der Waals surface area contributed by atoms with Crippen LogP contribution in [0.15, 0.2) is 29.9 Å². The molecule has 0 fully saturated rings. The summed E-state index contributed by atoms with van der Waals surface area (Å²) in [6, 6.07) is 3.44. The Kier molecular flexibility index (Phi) is 4.57. The minimum absolute atomic E-state index is 0.0340. The van der Waals surface area contributed by atoms with Crippen LogP contribution in [0.25, 0.3) is 16.4 Å². The standard InChI is InChI=1S/C14H13ClN4O3S2/c1-3-24(20,21)22-12-11(8-9(2)17-13(12)15)19-6-4-10(18-19)14-16-5-7-23-14/h4-8H,3H2,1-2H3. The molecule has 10 heteroatoms. The van der Waals surface area contributed by atoms with E-state index in [1.807, 2.05) is 5.38 Å². The second kappa shape index (κ2) is 6.50. The van der Waals surface area contributed by atoms with Crippen molar-refractivity contribution in [3.05, 3.63) is 40.8 Å². The van der Waals surface area contributed by atoms with Crippen LogP contribution >= 0.6 is 22.9 Å². The summed E-state index contributed by atoms with van der Waals surface area (Å²) in [5, 5.41) is 7.00. The van der Waals surface area contributed by atoms with Gasteiger partial charge in [0.15, 0.2) is 5.15 Å². The van der Waals surface area contributed by atoms with Crippen LogP contribution in [0.2, 0.25) is 5.15 Å². The monoisotopic (exact) mass is 384 g/mol. The molecule has 0 unspecified atom stereocenters. The van der Waals surface area contributed by atoms with Gasteiger partial charge in [0.25, 0.3) is 0 Å². The average molecular weight is 385 g/mol. The highest BCUT2D eigenvalue weighted by atomic mass is 35.5. The van der Waals surface area contributed by atoms with Crippen molar-refractivity contribution in [2.75, 3.05) is 5.75 Å². The Morgan fingerprint density at radius 2 is 2.21 bits per heavy atom. The van der Waals surface area contributed by atoms with Gasteiger partial charge >= 0.3 is 10.1 Å². The van der Waals surface area contributed by atoms with Gasteiger partial charge in [0, 0.05) is 23.5 Å². The molecule has 0 atom stereocenters. The van der Waals surface area contributed by atoms with E-state index in [2.05, 4.69) is 15.1 Å². The van der Waals surface area contributed by atoms with Crippen molar-refractivity contribution in [3.63, 3.8) is 0 Å². The second-order valence-electron chi connectivity index (χ2n) is 4.82. The Morgan fingerprint density at radius 3 is 2.88 bits per heavy atom. The summed E-state index contributed by atoms with van der Waals surface area (Å²) in [4.78, 5) is 8.26. The molecule has 0 aliphatic carbocycles. The average Bonchev–Trinajstić information content (AvgIpc) is 3.20. The Morgan fingerprint density at radius 1 is 1.42 bits per heavy atom. The molecule has 0 saturated heterocycles. The molecule has 24 heavy (non-hydrogen) atoms. The molecule has 126 valence electrons. The lowest BCUT2D eigenvalue weighted by atomic mass is 10.3. The fourth-order valence-corrected chi connectivity index (χ4v) is 3.41. The zero-order valence-electron chi connectivity index (χ0n) is 12.8. The molecule has 3 heterocycles. The number of aromatic nitrogens is 4. The largest absolute Gasteiger partial charge is 0.377 e. The quantitative estimate of drug-likeness (QED) is 0.496. The maximum atomic E-state index is 11.8. The number of rotatable bonds is 5. The van der Waals surface area contributed by atoms with Gasteiger partial charge < -0.3 is 4.18 Å². The Hall–Kier alpha value is -1.97. The van der Waals surface area contributed by atoms with Crippen molar-refractivity contribution in [1.82, 2.24) is 19.7 Å². The maximum absolute atomic E-state index is 11.8. The summed E-state index contributed by atoms with van der Waals surface area (Å²) < 4.78 is 30.3. The topological polar surface area (TPSA) is 87.0 Å². The van der Waals surface area contributed by atoms with Gasteiger partial charge in [0.05, 0.1) is 5.75 Å².